The number of carbonyl (C=O) groups excluding carboxylic acids is 1. The first-order chi connectivity index (χ1) is 9.73. The number of hydrogen-bond acceptors (Lipinski definition) is 3. The molecular weight excluding hydrogens is 280 g/mol. The molecule has 116 valence electrons. The van der Waals surface area contributed by atoms with Gasteiger partial charge in [-0.3, -0.25) is 0 Å². The molecule has 1 N–H and O–H groups in total. The van der Waals surface area contributed by atoms with E-state index in [9.17, 15) is 13.6 Å². The molecule has 21 heavy (non-hydrogen) atoms. The van der Waals surface area contributed by atoms with Crippen molar-refractivity contribution in [2.24, 2.45) is 0 Å². The summed E-state index contributed by atoms with van der Waals surface area (Å²) in [5, 5.41) is 2.69. The Hall–Kier alpha value is -1.69. The second-order valence-corrected chi connectivity index (χ2v) is 6.11. The number of hydrogen-bond donors (Lipinski definition) is 1. The Balaban J connectivity index is 2.01. The van der Waals surface area contributed by atoms with Crippen molar-refractivity contribution in [1.82, 2.24) is 5.32 Å². The van der Waals surface area contributed by atoms with Gasteiger partial charge in [0.25, 0.3) is 0 Å². The van der Waals surface area contributed by atoms with Gasteiger partial charge < -0.3 is 14.8 Å². The number of nitrogens with one attached hydrogen (secondary N) is 1. The molecule has 0 unspecified atom stereocenters. The van der Waals surface area contributed by atoms with Gasteiger partial charge in [-0.05, 0) is 44.9 Å². The van der Waals surface area contributed by atoms with E-state index in [2.05, 4.69) is 5.32 Å². The van der Waals surface area contributed by atoms with Crippen molar-refractivity contribution in [1.29, 1.82) is 0 Å². The quantitative estimate of drug-likeness (QED) is 0.870. The molecule has 2 atom stereocenters. The van der Waals surface area contributed by atoms with Gasteiger partial charge in [0.15, 0.2) is 0 Å². The summed E-state index contributed by atoms with van der Waals surface area (Å²) < 4.78 is 36.7. The van der Waals surface area contributed by atoms with Gasteiger partial charge in [-0.1, -0.05) is 0 Å². The lowest BCUT2D eigenvalue weighted by atomic mass is 10.0. The molecule has 1 amide bonds. The topological polar surface area (TPSA) is 50.9 Å². The molecule has 6 heteroatoms. The average Bonchev–Trinajstić information content (AvgIpc) is 3.06. The van der Waals surface area contributed by atoms with Crippen molar-refractivity contribution >= 4 is 6.09 Å². The summed E-state index contributed by atoms with van der Waals surface area (Å²) in [5.41, 5.74) is -0.145. The zero-order valence-corrected chi connectivity index (χ0v) is 12.3. The van der Waals surface area contributed by atoms with Crippen LogP contribution in [0.4, 0.5) is 13.6 Å². The van der Waals surface area contributed by atoms with Crippen LogP contribution in [0.5, 0.6) is 0 Å². The molecule has 1 fully saturated rings. The van der Waals surface area contributed by atoms with Crippen LogP contribution < -0.4 is 5.32 Å². The van der Waals surface area contributed by atoms with E-state index in [0.29, 0.717) is 12.2 Å². The molecule has 1 aliphatic heterocycles. The van der Waals surface area contributed by atoms with Crippen LogP contribution in [0.3, 0.4) is 0 Å². The normalized spacial score (nSPS) is 19.0. The Morgan fingerprint density at radius 1 is 1.38 bits per heavy atom. The third-order valence-corrected chi connectivity index (χ3v) is 2.89. The molecule has 2 rings (SSSR count). The standard InChI is InChI=1S/C15H19F2NO3/c1-15(2,3)21-14(19)18-12(13-8-20-13)6-9-4-10(16)7-11(17)5-9/h4-5,7,12-13H,6,8H2,1-3H3,(H,18,19)/t12-,13-/m1/s1. The van der Waals surface area contributed by atoms with Crippen LogP contribution in [0.2, 0.25) is 0 Å². The highest BCUT2D eigenvalue weighted by Gasteiger charge is 2.35. The molecule has 0 aliphatic carbocycles. The maximum absolute atomic E-state index is 13.2. The molecule has 0 bridgehead atoms. The lowest BCUT2D eigenvalue weighted by molar-refractivity contribution is 0.0495. The zero-order valence-electron chi connectivity index (χ0n) is 12.3. The first-order valence-electron chi connectivity index (χ1n) is 6.79. The molecule has 0 spiro atoms. The monoisotopic (exact) mass is 299 g/mol. The number of carbonyl (C=O) groups is 1. The van der Waals surface area contributed by atoms with E-state index in [-0.39, 0.29) is 18.6 Å². The molecule has 1 aromatic carbocycles. The summed E-state index contributed by atoms with van der Waals surface area (Å²) >= 11 is 0. The van der Waals surface area contributed by atoms with E-state index < -0.39 is 23.3 Å². The summed E-state index contributed by atoms with van der Waals surface area (Å²) in [4.78, 5) is 11.8. The zero-order chi connectivity index (χ0) is 15.6. The number of benzene rings is 1. The maximum atomic E-state index is 13.2. The molecule has 1 aliphatic rings. The van der Waals surface area contributed by atoms with E-state index in [1.54, 1.807) is 20.8 Å². The summed E-state index contributed by atoms with van der Waals surface area (Å²) in [5.74, 6) is -1.28. The van der Waals surface area contributed by atoms with Gasteiger partial charge >= 0.3 is 6.09 Å². The highest BCUT2D eigenvalue weighted by Crippen LogP contribution is 2.20. The molecule has 1 aromatic rings. The van der Waals surface area contributed by atoms with Gasteiger partial charge in [0, 0.05) is 6.07 Å². The van der Waals surface area contributed by atoms with Crippen LogP contribution in [0, 0.1) is 11.6 Å². The fourth-order valence-corrected chi connectivity index (χ4v) is 2.00. The Bertz CT molecular complexity index is 504. The summed E-state index contributed by atoms with van der Waals surface area (Å²) in [7, 11) is 0. The lowest BCUT2D eigenvalue weighted by Crippen LogP contribution is -2.43. The number of amides is 1. The molecule has 0 radical (unpaired) electrons. The van der Waals surface area contributed by atoms with E-state index in [1.165, 1.54) is 12.1 Å². The van der Waals surface area contributed by atoms with Crippen LogP contribution in [0.15, 0.2) is 18.2 Å². The largest absolute Gasteiger partial charge is 0.444 e. The molecule has 0 aromatic heterocycles. The average molecular weight is 299 g/mol. The highest BCUT2D eigenvalue weighted by atomic mass is 19.1. The maximum Gasteiger partial charge on any atom is 0.407 e. The second-order valence-electron chi connectivity index (χ2n) is 6.11. The van der Waals surface area contributed by atoms with E-state index >= 15 is 0 Å². The molecule has 1 saturated heterocycles. The smallest absolute Gasteiger partial charge is 0.407 e. The van der Waals surface area contributed by atoms with Gasteiger partial charge in [0.2, 0.25) is 0 Å². The van der Waals surface area contributed by atoms with Crippen LogP contribution in [-0.4, -0.2) is 30.4 Å². The van der Waals surface area contributed by atoms with Crippen LogP contribution >= 0.6 is 0 Å². The number of halogens is 2. The molecular formula is C15H19F2NO3. The summed E-state index contributed by atoms with van der Waals surface area (Å²) in [6.45, 7) is 5.80. The van der Waals surface area contributed by atoms with Gasteiger partial charge in [0.1, 0.15) is 23.3 Å². The van der Waals surface area contributed by atoms with Gasteiger partial charge in [-0.25, -0.2) is 13.6 Å². The van der Waals surface area contributed by atoms with Crippen molar-refractivity contribution < 1.29 is 23.0 Å². The molecule has 1 heterocycles. The number of ether oxygens (including phenoxy) is 2. The van der Waals surface area contributed by atoms with Crippen molar-refractivity contribution in [3.05, 3.63) is 35.4 Å². The third-order valence-electron chi connectivity index (χ3n) is 2.89. The molecule has 0 saturated carbocycles. The van der Waals surface area contributed by atoms with Crippen LogP contribution in [0.1, 0.15) is 26.3 Å². The van der Waals surface area contributed by atoms with Gasteiger partial charge in [-0.15, -0.1) is 0 Å². The number of epoxide rings is 1. The minimum atomic E-state index is -0.641. The predicted molar refractivity (Wildman–Crippen MR) is 73.0 cm³/mol. The lowest BCUT2D eigenvalue weighted by Gasteiger charge is -2.23. The van der Waals surface area contributed by atoms with E-state index in [0.717, 1.165) is 6.07 Å². The first kappa shape index (κ1) is 15.7. The van der Waals surface area contributed by atoms with Gasteiger partial charge in [-0.2, -0.15) is 0 Å². The van der Waals surface area contributed by atoms with Crippen molar-refractivity contribution in [2.75, 3.05) is 6.61 Å². The van der Waals surface area contributed by atoms with E-state index in [1.807, 2.05) is 0 Å². The van der Waals surface area contributed by atoms with Crippen LogP contribution in [0.25, 0.3) is 0 Å². The Morgan fingerprint density at radius 2 is 1.95 bits per heavy atom. The number of alkyl carbamates (subject to hydrolysis) is 1. The summed E-state index contributed by atoms with van der Waals surface area (Å²) in [6.07, 6.45) is -0.442. The van der Waals surface area contributed by atoms with Gasteiger partial charge in [0.05, 0.1) is 12.6 Å². The fraction of sp³-hybridized carbons (Fsp3) is 0.533. The van der Waals surface area contributed by atoms with Crippen molar-refractivity contribution in [2.45, 2.75) is 44.9 Å². The number of rotatable bonds is 4. The Labute approximate surface area is 122 Å². The first-order valence-corrected chi connectivity index (χ1v) is 6.79. The fourth-order valence-electron chi connectivity index (χ4n) is 2.00. The summed E-state index contributed by atoms with van der Waals surface area (Å²) in [6, 6.07) is 2.93. The Kier molecular flexibility index (Phi) is 4.46. The third kappa shape index (κ3) is 5.30. The minimum Gasteiger partial charge on any atom is -0.444 e. The minimum absolute atomic E-state index is 0.149. The van der Waals surface area contributed by atoms with Crippen molar-refractivity contribution in [3.63, 3.8) is 0 Å². The SMILES string of the molecule is CC(C)(C)OC(=O)N[C@H](Cc1cc(F)cc(F)c1)[C@H]1CO1. The Morgan fingerprint density at radius 3 is 2.43 bits per heavy atom. The predicted octanol–water partition coefficient (Wildman–Crippen LogP) is 2.80. The molecule has 4 nitrogen and oxygen atoms in total. The highest BCUT2D eigenvalue weighted by molar-refractivity contribution is 5.68. The van der Waals surface area contributed by atoms with Crippen molar-refractivity contribution in [3.8, 4) is 0 Å². The van der Waals surface area contributed by atoms with E-state index in [4.69, 9.17) is 9.47 Å². The second kappa shape index (κ2) is 5.97. The van der Waals surface area contributed by atoms with Crippen LogP contribution in [-0.2, 0) is 15.9 Å².